The smallest absolute Gasteiger partial charge is 0.411 e. The molecular formula is C32H37N5O6S2. The molecule has 1 spiro atoms. The average molecular weight is 652 g/mol. The van der Waals surface area contributed by atoms with E-state index in [1.807, 2.05) is 59.8 Å². The van der Waals surface area contributed by atoms with Gasteiger partial charge in [0.2, 0.25) is 5.91 Å². The minimum Gasteiger partial charge on any atom is -0.444 e. The van der Waals surface area contributed by atoms with Gasteiger partial charge in [-0.3, -0.25) is 19.5 Å². The second-order valence-electron chi connectivity index (χ2n) is 11.0. The highest BCUT2D eigenvalue weighted by molar-refractivity contribution is 8.01. The van der Waals surface area contributed by atoms with Crippen LogP contribution >= 0.6 is 23.1 Å². The summed E-state index contributed by atoms with van der Waals surface area (Å²) in [4.78, 5) is 46.1. The SMILES string of the molecule is CCN(C(=O)c1ccc(-c2csc(NC(=O)C3CSC4(CCOCC4)N3C(=O)OCc3ccccc3)n2)cc1)N1CCOCC1. The number of thioether (sulfide) groups is 1. The number of hydrogen-bond donors (Lipinski definition) is 1. The third kappa shape index (κ3) is 7.02. The molecule has 3 aromatic rings. The van der Waals surface area contributed by atoms with Gasteiger partial charge in [0.05, 0.1) is 23.8 Å². The first kappa shape index (κ1) is 31.5. The lowest BCUT2D eigenvalue weighted by atomic mass is 10.0. The van der Waals surface area contributed by atoms with E-state index in [9.17, 15) is 14.4 Å². The van der Waals surface area contributed by atoms with Crippen LogP contribution in [0.4, 0.5) is 9.93 Å². The molecule has 2 aromatic carbocycles. The van der Waals surface area contributed by atoms with Crippen molar-refractivity contribution in [1.29, 1.82) is 0 Å². The van der Waals surface area contributed by atoms with E-state index >= 15 is 0 Å². The van der Waals surface area contributed by atoms with Gasteiger partial charge in [-0.1, -0.05) is 42.5 Å². The van der Waals surface area contributed by atoms with E-state index in [4.69, 9.17) is 14.2 Å². The number of thiazole rings is 1. The Bertz CT molecular complexity index is 1470. The molecule has 6 rings (SSSR count). The lowest BCUT2D eigenvalue weighted by molar-refractivity contribution is -0.121. The van der Waals surface area contributed by atoms with Crippen molar-refractivity contribution in [3.63, 3.8) is 0 Å². The van der Waals surface area contributed by atoms with Crippen LogP contribution in [0.25, 0.3) is 11.3 Å². The summed E-state index contributed by atoms with van der Waals surface area (Å²) in [5.41, 5.74) is 3.00. The normalized spacial score (nSPS) is 19.8. The molecule has 3 saturated heterocycles. The Morgan fingerprint density at radius 3 is 2.44 bits per heavy atom. The Kier molecular flexibility index (Phi) is 10.0. The molecule has 3 amide bonds. The van der Waals surface area contributed by atoms with Crippen LogP contribution in [-0.4, -0.2) is 101 Å². The molecule has 45 heavy (non-hydrogen) atoms. The second-order valence-corrected chi connectivity index (χ2v) is 13.2. The number of carbonyl (C=O) groups excluding carboxylic acids is 3. The van der Waals surface area contributed by atoms with E-state index in [1.165, 1.54) is 11.3 Å². The van der Waals surface area contributed by atoms with Crippen molar-refractivity contribution in [2.45, 2.75) is 37.3 Å². The van der Waals surface area contributed by atoms with Crippen LogP contribution in [0, 0.1) is 0 Å². The summed E-state index contributed by atoms with van der Waals surface area (Å²) in [6.45, 7) is 6.31. The zero-order chi connectivity index (χ0) is 31.2. The van der Waals surface area contributed by atoms with Crippen molar-refractivity contribution >= 4 is 46.1 Å². The van der Waals surface area contributed by atoms with Crippen LogP contribution in [-0.2, 0) is 25.6 Å². The van der Waals surface area contributed by atoms with E-state index in [0.29, 0.717) is 81.0 Å². The summed E-state index contributed by atoms with van der Waals surface area (Å²) in [6.07, 6.45) is 0.754. The third-order valence-electron chi connectivity index (χ3n) is 8.26. The van der Waals surface area contributed by atoms with E-state index < -0.39 is 17.0 Å². The molecule has 1 unspecified atom stereocenters. The largest absolute Gasteiger partial charge is 0.444 e. The van der Waals surface area contributed by atoms with Crippen molar-refractivity contribution < 1.29 is 28.6 Å². The molecule has 3 aliphatic rings. The maximum absolute atomic E-state index is 13.6. The monoisotopic (exact) mass is 651 g/mol. The maximum Gasteiger partial charge on any atom is 0.411 e. The molecule has 1 N–H and O–H groups in total. The Balaban J connectivity index is 1.12. The highest BCUT2D eigenvalue weighted by atomic mass is 32.2. The van der Waals surface area contributed by atoms with Crippen LogP contribution in [0.1, 0.15) is 35.7 Å². The summed E-state index contributed by atoms with van der Waals surface area (Å²) in [5.74, 6) is 0.104. The first-order valence-corrected chi connectivity index (χ1v) is 17.1. The molecular weight excluding hydrogens is 615 g/mol. The molecule has 11 nitrogen and oxygen atoms in total. The molecule has 238 valence electrons. The Labute approximate surface area is 270 Å². The van der Waals surface area contributed by atoms with Gasteiger partial charge < -0.3 is 19.5 Å². The van der Waals surface area contributed by atoms with Crippen molar-refractivity contribution in [2.24, 2.45) is 0 Å². The van der Waals surface area contributed by atoms with Crippen molar-refractivity contribution in [3.05, 3.63) is 71.1 Å². The van der Waals surface area contributed by atoms with Crippen LogP contribution in [0.2, 0.25) is 0 Å². The van der Waals surface area contributed by atoms with Crippen LogP contribution < -0.4 is 5.32 Å². The minimum atomic E-state index is -0.706. The number of hydrogen-bond acceptors (Lipinski definition) is 10. The predicted octanol–water partition coefficient (Wildman–Crippen LogP) is 4.72. The topological polar surface area (TPSA) is 114 Å². The van der Waals surface area contributed by atoms with Gasteiger partial charge in [0.15, 0.2) is 5.13 Å². The molecule has 3 aliphatic heterocycles. The number of rotatable bonds is 8. The number of morpholine rings is 1. The van der Waals surface area contributed by atoms with Gasteiger partial charge in [0, 0.05) is 67.9 Å². The number of nitrogens with one attached hydrogen (secondary N) is 1. The lowest BCUT2D eigenvalue weighted by Gasteiger charge is -2.41. The molecule has 0 saturated carbocycles. The van der Waals surface area contributed by atoms with Gasteiger partial charge in [-0.2, -0.15) is 0 Å². The Morgan fingerprint density at radius 1 is 1.02 bits per heavy atom. The highest BCUT2D eigenvalue weighted by Crippen LogP contribution is 2.47. The fraction of sp³-hybridized carbons (Fsp3) is 0.438. The molecule has 0 aliphatic carbocycles. The summed E-state index contributed by atoms with van der Waals surface area (Å²) < 4.78 is 16.7. The lowest BCUT2D eigenvalue weighted by Crippen LogP contribution is -2.55. The number of hydrazine groups is 1. The first-order chi connectivity index (χ1) is 22.0. The quantitative estimate of drug-likeness (QED) is 0.370. The van der Waals surface area contributed by atoms with Crippen molar-refractivity contribution in [3.8, 4) is 11.3 Å². The highest BCUT2D eigenvalue weighted by Gasteiger charge is 2.53. The van der Waals surface area contributed by atoms with Gasteiger partial charge in [-0.15, -0.1) is 23.1 Å². The third-order valence-corrected chi connectivity index (χ3v) is 10.6. The fourth-order valence-electron chi connectivity index (χ4n) is 5.87. The van der Waals surface area contributed by atoms with Gasteiger partial charge in [0.25, 0.3) is 5.91 Å². The summed E-state index contributed by atoms with van der Waals surface area (Å²) in [5, 5.41) is 9.05. The average Bonchev–Trinajstić information content (AvgIpc) is 3.70. The fourth-order valence-corrected chi connectivity index (χ4v) is 8.15. The van der Waals surface area contributed by atoms with E-state index in [-0.39, 0.29) is 18.4 Å². The molecule has 0 radical (unpaired) electrons. The number of ether oxygens (including phenoxy) is 3. The summed E-state index contributed by atoms with van der Waals surface area (Å²) in [7, 11) is 0. The molecule has 1 aromatic heterocycles. The number of amides is 3. The van der Waals surface area contributed by atoms with Gasteiger partial charge in [-0.25, -0.2) is 14.8 Å². The Morgan fingerprint density at radius 2 is 1.73 bits per heavy atom. The predicted molar refractivity (Wildman–Crippen MR) is 173 cm³/mol. The van der Waals surface area contributed by atoms with Crippen LogP contribution in [0.3, 0.4) is 0 Å². The minimum absolute atomic E-state index is 0.0548. The number of benzene rings is 2. The van der Waals surface area contributed by atoms with Gasteiger partial charge in [0.1, 0.15) is 12.6 Å². The van der Waals surface area contributed by atoms with Crippen molar-refractivity contribution in [1.82, 2.24) is 19.9 Å². The molecule has 0 bridgehead atoms. The molecule has 4 heterocycles. The van der Waals surface area contributed by atoms with Crippen molar-refractivity contribution in [2.75, 3.05) is 57.1 Å². The van der Waals surface area contributed by atoms with E-state index in [1.54, 1.807) is 33.8 Å². The standard InChI is InChI=1S/C32H37N5O6S2/c1-2-36(35-14-18-42-19-15-35)29(39)25-10-8-24(9-11-25)26-21-44-30(33-26)34-28(38)27-22-45-32(12-16-41-17-13-32)37(27)31(40)43-20-23-6-4-3-5-7-23/h3-11,21,27H,2,12-20,22H2,1H3,(H,33,34,38). The summed E-state index contributed by atoms with van der Waals surface area (Å²) >= 11 is 2.93. The molecule has 3 fully saturated rings. The number of nitrogens with zero attached hydrogens (tertiary/aromatic N) is 4. The molecule has 1 atom stereocenters. The number of aromatic nitrogens is 1. The zero-order valence-electron chi connectivity index (χ0n) is 25.2. The van der Waals surface area contributed by atoms with Gasteiger partial charge in [-0.05, 0) is 24.6 Å². The first-order valence-electron chi connectivity index (χ1n) is 15.2. The number of carbonyl (C=O) groups is 3. The number of anilines is 1. The second kappa shape index (κ2) is 14.3. The molecule has 13 heteroatoms. The van der Waals surface area contributed by atoms with Gasteiger partial charge >= 0.3 is 6.09 Å². The van der Waals surface area contributed by atoms with Crippen LogP contribution in [0.5, 0.6) is 0 Å². The van der Waals surface area contributed by atoms with Crippen LogP contribution in [0.15, 0.2) is 60.0 Å². The zero-order valence-corrected chi connectivity index (χ0v) is 26.8. The van der Waals surface area contributed by atoms with E-state index in [2.05, 4.69) is 10.3 Å². The summed E-state index contributed by atoms with van der Waals surface area (Å²) in [6, 6.07) is 16.1. The van der Waals surface area contributed by atoms with E-state index in [0.717, 1.165) is 11.1 Å². The Hall–Kier alpha value is -3.49. The maximum atomic E-state index is 13.6.